The second kappa shape index (κ2) is 8.31. The van der Waals surface area contributed by atoms with Gasteiger partial charge in [-0.1, -0.05) is 42.6 Å². The lowest BCUT2D eigenvalue weighted by Crippen LogP contribution is -2.33. The van der Waals surface area contributed by atoms with Gasteiger partial charge in [0.25, 0.3) is 15.9 Å². The SMILES string of the molecule is CCN(c1ccccc1)S(=O)(=O)c1ccc(Cl)c(C(=O)NC2CCCC2)c1. The van der Waals surface area contributed by atoms with Crippen LogP contribution < -0.4 is 9.62 Å². The molecule has 5 nitrogen and oxygen atoms in total. The fraction of sp³-hybridized carbons (Fsp3) is 0.350. The van der Waals surface area contributed by atoms with Crippen LogP contribution in [0.25, 0.3) is 0 Å². The average molecular weight is 407 g/mol. The summed E-state index contributed by atoms with van der Waals surface area (Å²) >= 11 is 6.19. The highest BCUT2D eigenvalue weighted by molar-refractivity contribution is 7.92. The molecule has 1 fully saturated rings. The van der Waals surface area contributed by atoms with Gasteiger partial charge in [-0.15, -0.1) is 0 Å². The van der Waals surface area contributed by atoms with Crippen LogP contribution in [0.1, 0.15) is 43.0 Å². The molecule has 0 aliphatic heterocycles. The molecule has 1 amide bonds. The Balaban J connectivity index is 1.92. The van der Waals surface area contributed by atoms with Gasteiger partial charge in [-0.2, -0.15) is 0 Å². The number of nitrogens with zero attached hydrogens (tertiary/aromatic N) is 1. The van der Waals surface area contributed by atoms with E-state index in [1.165, 1.54) is 22.5 Å². The predicted molar refractivity (Wildman–Crippen MR) is 108 cm³/mol. The summed E-state index contributed by atoms with van der Waals surface area (Å²) < 4.78 is 27.6. The molecule has 1 saturated carbocycles. The van der Waals surface area contributed by atoms with Gasteiger partial charge in [-0.3, -0.25) is 9.10 Å². The highest BCUT2D eigenvalue weighted by atomic mass is 35.5. The first kappa shape index (κ1) is 19.7. The monoisotopic (exact) mass is 406 g/mol. The van der Waals surface area contributed by atoms with Gasteiger partial charge in [0, 0.05) is 12.6 Å². The third-order valence-electron chi connectivity index (χ3n) is 4.79. The normalized spacial score (nSPS) is 14.9. The molecule has 0 radical (unpaired) electrons. The first-order valence-corrected chi connectivity index (χ1v) is 10.9. The Bertz CT molecular complexity index is 910. The van der Waals surface area contributed by atoms with E-state index in [0.29, 0.717) is 5.69 Å². The van der Waals surface area contributed by atoms with E-state index in [4.69, 9.17) is 11.6 Å². The lowest BCUT2D eigenvalue weighted by molar-refractivity contribution is 0.0938. The second-order valence-electron chi connectivity index (χ2n) is 6.60. The lowest BCUT2D eigenvalue weighted by atomic mass is 10.2. The molecular formula is C20H23ClN2O3S. The molecule has 144 valence electrons. The molecule has 0 aromatic heterocycles. The number of anilines is 1. The van der Waals surface area contributed by atoms with Crippen molar-refractivity contribution in [2.45, 2.75) is 43.5 Å². The van der Waals surface area contributed by atoms with Crippen LogP contribution in [0.5, 0.6) is 0 Å². The van der Waals surface area contributed by atoms with E-state index in [9.17, 15) is 13.2 Å². The number of rotatable bonds is 6. The first-order valence-electron chi connectivity index (χ1n) is 9.11. The highest BCUT2D eigenvalue weighted by Gasteiger charge is 2.26. The van der Waals surface area contributed by atoms with Crippen molar-refractivity contribution in [1.82, 2.24) is 5.32 Å². The number of halogens is 1. The zero-order chi connectivity index (χ0) is 19.4. The fourth-order valence-electron chi connectivity index (χ4n) is 3.38. The molecule has 1 N–H and O–H groups in total. The second-order valence-corrected chi connectivity index (χ2v) is 8.87. The quantitative estimate of drug-likeness (QED) is 0.780. The number of sulfonamides is 1. The third-order valence-corrected chi connectivity index (χ3v) is 7.02. The summed E-state index contributed by atoms with van der Waals surface area (Å²) in [6, 6.07) is 13.3. The van der Waals surface area contributed by atoms with E-state index < -0.39 is 10.0 Å². The van der Waals surface area contributed by atoms with Crippen molar-refractivity contribution in [2.24, 2.45) is 0 Å². The maximum absolute atomic E-state index is 13.1. The molecule has 0 saturated heterocycles. The van der Waals surface area contributed by atoms with Crippen LogP contribution in [0, 0.1) is 0 Å². The number of para-hydroxylation sites is 1. The highest BCUT2D eigenvalue weighted by Crippen LogP contribution is 2.27. The van der Waals surface area contributed by atoms with E-state index in [1.54, 1.807) is 31.2 Å². The molecule has 0 heterocycles. The molecule has 27 heavy (non-hydrogen) atoms. The summed E-state index contributed by atoms with van der Waals surface area (Å²) in [7, 11) is -3.81. The summed E-state index contributed by atoms with van der Waals surface area (Å²) in [6.45, 7) is 2.05. The van der Waals surface area contributed by atoms with Crippen molar-refractivity contribution in [3.05, 3.63) is 59.1 Å². The zero-order valence-corrected chi connectivity index (χ0v) is 16.8. The molecule has 1 aliphatic rings. The topological polar surface area (TPSA) is 66.5 Å². The number of hydrogen-bond acceptors (Lipinski definition) is 3. The number of nitrogens with one attached hydrogen (secondary N) is 1. The van der Waals surface area contributed by atoms with E-state index >= 15 is 0 Å². The van der Waals surface area contributed by atoms with Crippen molar-refractivity contribution in [1.29, 1.82) is 0 Å². The molecule has 2 aromatic rings. The van der Waals surface area contributed by atoms with Crippen LogP contribution in [0.4, 0.5) is 5.69 Å². The minimum absolute atomic E-state index is 0.0502. The van der Waals surface area contributed by atoms with Gasteiger partial charge in [0.2, 0.25) is 0 Å². The van der Waals surface area contributed by atoms with Gasteiger partial charge >= 0.3 is 0 Å². The number of amides is 1. The summed E-state index contributed by atoms with van der Waals surface area (Å²) in [5, 5.41) is 3.20. The van der Waals surface area contributed by atoms with Gasteiger partial charge < -0.3 is 5.32 Å². The molecule has 0 unspecified atom stereocenters. The average Bonchev–Trinajstić information content (AvgIpc) is 3.16. The van der Waals surface area contributed by atoms with Crippen molar-refractivity contribution in [3.8, 4) is 0 Å². The van der Waals surface area contributed by atoms with Crippen LogP contribution in [0.2, 0.25) is 5.02 Å². The van der Waals surface area contributed by atoms with Crippen molar-refractivity contribution >= 4 is 33.2 Å². The first-order chi connectivity index (χ1) is 12.9. The van der Waals surface area contributed by atoms with Crippen molar-refractivity contribution in [2.75, 3.05) is 10.8 Å². The van der Waals surface area contributed by atoms with Crippen LogP contribution in [-0.2, 0) is 10.0 Å². The Labute approximate surface area is 165 Å². The van der Waals surface area contributed by atoms with Crippen LogP contribution in [0.15, 0.2) is 53.4 Å². The minimum atomic E-state index is -3.81. The standard InChI is InChI=1S/C20H23ClN2O3S/c1-2-23(16-10-4-3-5-11-16)27(25,26)17-12-13-19(21)18(14-17)20(24)22-15-8-6-7-9-15/h3-5,10-15H,2,6-9H2,1H3,(H,22,24). The van der Waals surface area contributed by atoms with Crippen molar-refractivity contribution < 1.29 is 13.2 Å². The molecule has 7 heteroatoms. The zero-order valence-electron chi connectivity index (χ0n) is 15.2. The minimum Gasteiger partial charge on any atom is -0.349 e. The molecule has 2 aromatic carbocycles. The smallest absolute Gasteiger partial charge is 0.264 e. The lowest BCUT2D eigenvalue weighted by Gasteiger charge is -2.23. The van der Waals surface area contributed by atoms with Gasteiger partial charge in [-0.05, 0) is 50.1 Å². The van der Waals surface area contributed by atoms with E-state index in [2.05, 4.69) is 5.32 Å². The molecule has 0 spiro atoms. The number of carbonyl (C=O) groups is 1. The van der Waals surface area contributed by atoms with Gasteiger partial charge in [0.15, 0.2) is 0 Å². The Morgan fingerprint density at radius 1 is 1.15 bits per heavy atom. The third kappa shape index (κ3) is 4.28. The fourth-order valence-corrected chi connectivity index (χ4v) is 5.09. The van der Waals surface area contributed by atoms with E-state index in [0.717, 1.165) is 25.7 Å². The molecule has 3 rings (SSSR count). The van der Waals surface area contributed by atoms with Crippen LogP contribution >= 0.6 is 11.6 Å². The number of benzene rings is 2. The van der Waals surface area contributed by atoms with E-state index in [-0.39, 0.29) is 34.0 Å². The van der Waals surface area contributed by atoms with Gasteiger partial charge in [0.05, 0.1) is 21.2 Å². The molecular weight excluding hydrogens is 384 g/mol. The summed E-state index contributed by atoms with van der Waals surface area (Å²) in [5.74, 6) is -0.327. The van der Waals surface area contributed by atoms with Gasteiger partial charge in [0.1, 0.15) is 0 Å². The van der Waals surface area contributed by atoms with Gasteiger partial charge in [-0.25, -0.2) is 8.42 Å². The molecule has 0 atom stereocenters. The predicted octanol–water partition coefficient (Wildman–Crippen LogP) is 4.23. The number of carbonyl (C=O) groups excluding carboxylic acids is 1. The van der Waals surface area contributed by atoms with Crippen LogP contribution in [0.3, 0.4) is 0 Å². The van der Waals surface area contributed by atoms with Crippen LogP contribution in [-0.4, -0.2) is 26.9 Å². The van der Waals surface area contributed by atoms with E-state index in [1.807, 2.05) is 6.07 Å². The Kier molecular flexibility index (Phi) is 6.07. The molecule has 1 aliphatic carbocycles. The molecule has 0 bridgehead atoms. The largest absolute Gasteiger partial charge is 0.349 e. The Hall–Kier alpha value is -2.05. The maximum atomic E-state index is 13.1. The summed E-state index contributed by atoms with van der Waals surface area (Å²) in [5.41, 5.74) is 0.765. The summed E-state index contributed by atoms with van der Waals surface area (Å²) in [6.07, 6.45) is 4.07. The Morgan fingerprint density at radius 3 is 2.44 bits per heavy atom. The van der Waals surface area contributed by atoms with Crippen molar-refractivity contribution in [3.63, 3.8) is 0 Å². The summed E-state index contributed by atoms with van der Waals surface area (Å²) in [4.78, 5) is 12.7. The Morgan fingerprint density at radius 2 is 1.81 bits per heavy atom. The number of hydrogen-bond donors (Lipinski definition) is 1. The maximum Gasteiger partial charge on any atom is 0.264 e.